The first-order valence-electron chi connectivity index (χ1n) is 7.15. The van der Waals surface area contributed by atoms with Crippen LogP contribution in [-0.4, -0.2) is 23.1 Å². The van der Waals surface area contributed by atoms with E-state index in [9.17, 15) is 14.9 Å². The molecule has 22 heavy (non-hydrogen) atoms. The molecule has 5 nitrogen and oxygen atoms in total. The van der Waals surface area contributed by atoms with Crippen molar-refractivity contribution in [2.24, 2.45) is 5.92 Å². The number of nitrogens with zero attached hydrogens (tertiary/aromatic N) is 1. The standard InChI is InChI=1S/C16H19N3O2S/c1-11(20)18-13-5-7-14(8-6-13)22-9-15(21)19-16(2,10-17)12-3-4-12/h5-8,12H,3-4,9H2,1-2H3,(H,18,20)(H,19,21). The van der Waals surface area contributed by atoms with Crippen molar-refractivity contribution in [1.29, 1.82) is 5.26 Å². The number of nitrogens with one attached hydrogen (secondary N) is 2. The van der Waals surface area contributed by atoms with Crippen LogP contribution in [0.1, 0.15) is 26.7 Å². The summed E-state index contributed by atoms with van der Waals surface area (Å²) in [4.78, 5) is 23.9. The second-order valence-electron chi connectivity index (χ2n) is 5.63. The van der Waals surface area contributed by atoms with Gasteiger partial charge in [-0.15, -0.1) is 11.8 Å². The Morgan fingerprint density at radius 3 is 2.50 bits per heavy atom. The molecule has 0 spiro atoms. The Balaban J connectivity index is 1.83. The van der Waals surface area contributed by atoms with E-state index in [1.807, 2.05) is 12.1 Å². The van der Waals surface area contributed by atoms with Crippen molar-refractivity contribution in [2.45, 2.75) is 37.1 Å². The first-order valence-corrected chi connectivity index (χ1v) is 8.14. The van der Waals surface area contributed by atoms with E-state index in [1.54, 1.807) is 19.1 Å². The maximum absolute atomic E-state index is 12.0. The minimum atomic E-state index is -0.743. The molecule has 1 saturated carbocycles. The Hall–Kier alpha value is -2.00. The topological polar surface area (TPSA) is 82.0 Å². The summed E-state index contributed by atoms with van der Waals surface area (Å²) in [6, 6.07) is 9.52. The molecule has 0 radical (unpaired) electrons. The maximum atomic E-state index is 12.0. The van der Waals surface area contributed by atoms with E-state index in [0.29, 0.717) is 0 Å². The summed E-state index contributed by atoms with van der Waals surface area (Å²) in [7, 11) is 0. The zero-order valence-electron chi connectivity index (χ0n) is 12.7. The molecule has 2 amide bonds. The predicted octanol–water partition coefficient (Wildman–Crippen LogP) is 2.55. The molecule has 1 aromatic carbocycles. The quantitative estimate of drug-likeness (QED) is 0.790. The fraction of sp³-hybridized carbons (Fsp3) is 0.438. The normalized spacial score (nSPS) is 16.2. The van der Waals surface area contributed by atoms with Gasteiger partial charge in [-0.1, -0.05) is 0 Å². The number of amides is 2. The van der Waals surface area contributed by atoms with Gasteiger partial charge in [-0.3, -0.25) is 9.59 Å². The average Bonchev–Trinajstić information content (AvgIpc) is 3.31. The highest BCUT2D eigenvalue weighted by Gasteiger charge is 2.42. The number of thioether (sulfide) groups is 1. The van der Waals surface area contributed by atoms with Gasteiger partial charge in [-0.2, -0.15) is 5.26 Å². The Kier molecular flexibility index (Phi) is 5.09. The Morgan fingerprint density at radius 2 is 2.00 bits per heavy atom. The molecule has 0 heterocycles. The molecule has 0 bridgehead atoms. The van der Waals surface area contributed by atoms with Gasteiger partial charge in [0.05, 0.1) is 11.8 Å². The number of carbonyl (C=O) groups is 2. The molecular formula is C16H19N3O2S. The van der Waals surface area contributed by atoms with Crippen molar-refractivity contribution in [3.63, 3.8) is 0 Å². The Labute approximate surface area is 134 Å². The molecule has 116 valence electrons. The van der Waals surface area contributed by atoms with Gasteiger partial charge in [0.1, 0.15) is 5.54 Å². The zero-order valence-corrected chi connectivity index (χ0v) is 13.5. The van der Waals surface area contributed by atoms with Gasteiger partial charge in [0, 0.05) is 17.5 Å². The molecule has 1 atom stereocenters. The molecule has 0 saturated heterocycles. The van der Waals surface area contributed by atoms with E-state index in [1.165, 1.54) is 18.7 Å². The van der Waals surface area contributed by atoms with E-state index >= 15 is 0 Å². The van der Waals surface area contributed by atoms with Crippen molar-refractivity contribution in [3.05, 3.63) is 24.3 Å². The third-order valence-corrected chi connectivity index (χ3v) is 4.58. The molecule has 1 unspecified atom stereocenters. The maximum Gasteiger partial charge on any atom is 0.231 e. The third-order valence-electron chi connectivity index (χ3n) is 3.57. The molecule has 0 aromatic heterocycles. The van der Waals surface area contributed by atoms with Gasteiger partial charge < -0.3 is 10.6 Å². The number of carbonyl (C=O) groups excluding carboxylic acids is 2. The first kappa shape index (κ1) is 16.4. The Bertz CT molecular complexity index is 605. The van der Waals surface area contributed by atoms with Crippen LogP contribution in [0.15, 0.2) is 29.2 Å². The van der Waals surface area contributed by atoms with Crippen LogP contribution in [-0.2, 0) is 9.59 Å². The lowest BCUT2D eigenvalue weighted by molar-refractivity contribution is -0.120. The molecule has 1 aliphatic rings. The van der Waals surface area contributed by atoms with Crippen molar-refractivity contribution in [3.8, 4) is 6.07 Å². The average molecular weight is 317 g/mol. The number of rotatable bonds is 6. The summed E-state index contributed by atoms with van der Waals surface area (Å²) in [6.07, 6.45) is 2.00. The van der Waals surface area contributed by atoms with Crippen molar-refractivity contribution < 1.29 is 9.59 Å². The molecule has 2 rings (SSSR count). The molecule has 1 aromatic rings. The van der Waals surface area contributed by atoms with Gasteiger partial charge >= 0.3 is 0 Å². The minimum Gasteiger partial charge on any atom is -0.337 e. The summed E-state index contributed by atoms with van der Waals surface area (Å²) in [6.45, 7) is 3.24. The lowest BCUT2D eigenvalue weighted by Gasteiger charge is -2.22. The SMILES string of the molecule is CC(=O)Nc1ccc(SCC(=O)NC(C)(C#N)C2CC2)cc1. The van der Waals surface area contributed by atoms with E-state index in [2.05, 4.69) is 16.7 Å². The minimum absolute atomic E-state index is 0.115. The van der Waals surface area contributed by atoms with Crippen LogP contribution in [0, 0.1) is 17.2 Å². The second kappa shape index (κ2) is 6.84. The highest BCUT2D eigenvalue weighted by molar-refractivity contribution is 8.00. The molecule has 0 aliphatic heterocycles. The van der Waals surface area contributed by atoms with Crippen molar-refractivity contribution >= 4 is 29.3 Å². The first-order chi connectivity index (χ1) is 10.4. The van der Waals surface area contributed by atoms with E-state index in [-0.39, 0.29) is 23.5 Å². The van der Waals surface area contributed by atoms with E-state index < -0.39 is 5.54 Å². The number of anilines is 1. The number of benzene rings is 1. The Morgan fingerprint density at radius 1 is 1.36 bits per heavy atom. The van der Waals surface area contributed by atoms with Crippen LogP contribution in [0.25, 0.3) is 0 Å². The fourth-order valence-electron chi connectivity index (χ4n) is 2.19. The smallest absolute Gasteiger partial charge is 0.231 e. The summed E-state index contributed by atoms with van der Waals surface area (Å²) in [5.74, 6) is 0.301. The van der Waals surface area contributed by atoms with Gasteiger partial charge in [0.25, 0.3) is 0 Å². The van der Waals surface area contributed by atoms with Crippen molar-refractivity contribution in [2.75, 3.05) is 11.1 Å². The van der Waals surface area contributed by atoms with Crippen LogP contribution in [0.4, 0.5) is 5.69 Å². The summed E-state index contributed by atoms with van der Waals surface area (Å²) >= 11 is 1.41. The number of nitriles is 1. The summed E-state index contributed by atoms with van der Waals surface area (Å²) in [5.41, 5.74) is -0.0144. The van der Waals surface area contributed by atoms with Crippen LogP contribution in [0.2, 0.25) is 0 Å². The van der Waals surface area contributed by atoms with Gasteiger partial charge in [0.15, 0.2) is 0 Å². The molecule has 1 fully saturated rings. The molecule has 2 N–H and O–H groups in total. The van der Waals surface area contributed by atoms with Crippen LogP contribution in [0.3, 0.4) is 0 Å². The largest absolute Gasteiger partial charge is 0.337 e. The second-order valence-corrected chi connectivity index (χ2v) is 6.68. The molecule has 1 aliphatic carbocycles. The summed E-state index contributed by atoms with van der Waals surface area (Å²) in [5, 5.41) is 14.8. The van der Waals surface area contributed by atoms with Crippen molar-refractivity contribution in [1.82, 2.24) is 5.32 Å². The monoisotopic (exact) mass is 317 g/mol. The number of hydrogen-bond acceptors (Lipinski definition) is 4. The van der Waals surface area contributed by atoms with Crippen LogP contribution in [0.5, 0.6) is 0 Å². The van der Waals surface area contributed by atoms with Crippen LogP contribution < -0.4 is 10.6 Å². The lowest BCUT2D eigenvalue weighted by Crippen LogP contribution is -2.47. The van der Waals surface area contributed by atoms with Crippen LogP contribution >= 0.6 is 11.8 Å². The highest BCUT2D eigenvalue weighted by atomic mass is 32.2. The van der Waals surface area contributed by atoms with E-state index in [0.717, 1.165) is 23.4 Å². The third kappa shape index (κ3) is 4.50. The predicted molar refractivity (Wildman–Crippen MR) is 86.4 cm³/mol. The zero-order chi connectivity index (χ0) is 16.2. The lowest BCUT2D eigenvalue weighted by atomic mass is 9.98. The highest BCUT2D eigenvalue weighted by Crippen LogP contribution is 2.39. The van der Waals surface area contributed by atoms with Gasteiger partial charge in [-0.05, 0) is 49.9 Å². The van der Waals surface area contributed by atoms with Gasteiger partial charge in [-0.25, -0.2) is 0 Å². The summed E-state index contributed by atoms with van der Waals surface area (Å²) < 4.78 is 0. The van der Waals surface area contributed by atoms with Gasteiger partial charge in [0.2, 0.25) is 11.8 Å². The fourth-order valence-corrected chi connectivity index (χ4v) is 2.89. The van der Waals surface area contributed by atoms with E-state index in [4.69, 9.17) is 0 Å². The molecule has 6 heteroatoms. The molecular weight excluding hydrogens is 298 g/mol. The number of hydrogen-bond donors (Lipinski definition) is 2.